The lowest BCUT2D eigenvalue weighted by atomic mass is 9.90. The monoisotopic (exact) mass is 303 g/mol. The summed E-state index contributed by atoms with van der Waals surface area (Å²) in [7, 11) is 1.93. The molecule has 0 saturated carbocycles. The van der Waals surface area contributed by atoms with E-state index in [0.29, 0.717) is 5.92 Å². The second-order valence-electron chi connectivity index (χ2n) is 6.30. The van der Waals surface area contributed by atoms with Gasteiger partial charge in [-0.25, -0.2) is 9.97 Å². The fourth-order valence-electron chi connectivity index (χ4n) is 3.48. The van der Waals surface area contributed by atoms with E-state index in [1.165, 1.54) is 0 Å². The fourth-order valence-corrected chi connectivity index (χ4v) is 3.48. The van der Waals surface area contributed by atoms with Crippen molar-refractivity contribution >= 4 is 16.9 Å². The minimum absolute atomic E-state index is 0.172. The van der Waals surface area contributed by atoms with Crippen LogP contribution in [0, 0.1) is 19.8 Å². The maximum atomic E-state index is 10.0. The van der Waals surface area contributed by atoms with E-state index < -0.39 is 0 Å². The molecule has 1 N–H and O–H groups in total. The molecule has 2 aromatic rings. The van der Waals surface area contributed by atoms with Crippen LogP contribution in [0.4, 0.5) is 5.82 Å². The maximum Gasteiger partial charge on any atom is 0.163 e. The van der Waals surface area contributed by atoms with E-state index >= 15 is 0 Å². The number of nitrogens with zero attached hydrogens (tertiary/aromatic N) is 5. The van der Waals surface area contributed by atoms with Gasteiger partial charge in [-0.1, -0.05) is 6.92 Å². The number of aliphatic hydroxyl groups excluding tert-OH is 1. The summed E-state index contributed by atoms with van der Waals surface area (Å²) in [5, 5.41) is 15.6. The number of rotatable bonds is 3. The third-order valence-corrected chi connectivity index (χ3v) is 4.75. The maximum absolute atomic E-state index is 10.0. The molecule has 0 unspecified atom stereocenters. The summed E-state index contributed by atoms with van der Waals surface area (Å²) in [6, 6.07) is 0. The Kier molecular flexibility index (Phi) is 4.04. The molecule has 1 saturated heterocycles. The van der Waals surface area contributed by atoms with Crippen molar-refractivity contribution in [1.82, 2.24) is 19.7 Å². The summed E-state index contributed by atoms with van der Waals surface area (Å²) in [6.07, 6.45) is 2.69. The number of hydrogen-bond donors (Lipinski definition) is 1. The van der Waals surface area contributed by atoms with Crippen molar-refractivity contribution in [3.63, 3.8) is 0 Å². The zero-order valence-corrected chi connectivity index (χ0v) is 13.9. The van der Waals surface area contributed by atoms with Gasteiger partial charge in [0.25, 0.3) is 0 Å². The van der Waals surface area contributed by atoms with E-state index in [1.807, 2.05) is 32.5 Å². The van der Waals surface area contributed by atoms with Crippen molar-refractivity contribution in [2.24, 2.45) is 13.0 Å². The van der Waals surface area contributed by atoms with E-state index in [2.05, 4.69) is 20.0 Å². The number of anilines is 1. The van der Waals surface area contributed by atoms with E-state index in [4.69, 9.17) is 0 Å². The van der Waals surface area contributed by atoms with Gasteiger partial charge >= 0.3 is 0 Å². The van der Waals surface area contributed by atoms with E-state index in [9.17, 15) is 5.11 Å². The van der Waals surface area contributed by atoms with Crippen LogP contribution in [0.15, 0.2) is 0 Å². The molecule has 1 fully saturated rings. The van der Waals surface area contributed by atoms with Crippen molar-refractivity contribution < 1.29 is 5.11 Å². The summed E-state index contributed by atoms with van der Waals surface area (Å²) in [5.41, 5.74) is 1.87. The summed E-state index contributed by atoms with van der Waals surface area (Å²) in [4.78, 5) is 11.5. The standard InChI is InChI=1S/C16H25N5O/c1-5-13(22)12-6-8-21(9-7-12)16-14-10(2)19-20(4)15(14)17-11(3)18-16/h12-13,22H,5-9H2,1-4H3/t13-/m1/s1. The number of aliphatic hydroxyl groups is 1. The van der Waals surface area contributed by atoms with Gasteiger partial charge in [-0.2, -0.15) is 5.10 Å². The molecule has 3 heterocycles. The molecule has 0 aliphatic carbocycles. The average Bonchev–Trinajstić information content (AvgIpc) is 2.80. The van der Waals surface area contributed by atoms with Crippen molar-refractivity contribution in [3.8, 4) is 0 Å². The van der Waals surface area contributed by atoms with Gasteiger partial charge in [-0.05, 0) is 39.0 Å². The lowest BCUT2D eigenvalue weighted by molar-refractivity contribution is 0.0892. The summed E-state index contributed by atoms with van der Waals surface area (Å²) >= 11 is 0. The fraction of sp³-hybridized carbons (Fsp3) is 0.688. The molecule has 0 bridgehead atoms. The third kappa shape index (κ3) is 2.56. The molecule has 0 amide bonds. The van der Waals surface area contributed by atoms with Crippen LogP contribution in [-0.2, 0) is 7.05 Å². The first kappa shape index (κ1) is 15.2. The molecule has 0 spiro atoms. The Hall–Kier alpha value is -1.69. The number of fused-ring (bicyclic) bond motifs is 1. The quantitative estimate of drug-likeness (QED) is 0.939. The smallest absolute Gasteiger partial charge is 0.163 e. The van der Waals surface area contributed by atoms with Crippen LogP contribution in [-0.4, -0.2) is 44.0 Å². The molecule has 1 atom stereocenters. The molecule has 1 aliphatic rings. The normalized spacial score (nSPS) is 18.1. The lowest BCUT2D eigenvalue weighted by Gasteiger charge is -2.35. The van der Waals surface area contributed by atoms with Crippen LogP contribution in [0.5, 0.6) is 0 Å². The summed E-state index contributed by atoms with van der Waals surface area (Å²) in [6.45, 7) is 7.85. The first-order chi connectivity index (χ1) is 10.5. The van der Waals surface area contributed by atoms with Gasteiger partial charge in [-0.15, -0.1) is 0 Å². The van der Waals surface area contributed by atoms with Crippen molar-refractivity contribution in [1.29, 1.82) is 0 Å². The average molecular weight is 303 g/mol. The molecule has 120 valence electrons. The molecular weight excluding hydrogens is 278 g/mol. The third-order valence-electron chi connectivity index (χ3n) is 4.75. The van der Waals surface area contributed by atoms with Crippen LogP contribution < -0.4 is 4.90 Å². The second-order valence-corrected chi connectivity index (χ2v) is 6.30. The van der Waals surface area contributed by atoms with Gasteiger partial charge in [0.05, 0.1) is 17.2 Å². The Balaban J connectivity index is 1.91. The highest BCUT2D eigenvalue weighted by Gasteiger charge is 2.27. The highest BCUT2D eigenvalue weighted by Crippen LogP contribution is 2.31. The lowest BCUT2D eigenvalue weighted by Crippen LogP contribution is -2.38. The number of aromatic nitrogens is 4. The molecule has 6 nitrogen and oxygen atoms in total. The van der Waals surface area contributed by atoms with Crippen LogP contribution in [0.1, 0.15) is 37.7 Å². The minimum atomic E-state index is -0.172. The minimum Gasteiger partial charge on any atom is -0.393 e. The predicted octanol–water partition coefficient (Wildman–Crippen LogP) is 1.97. The summed E-state index contributed by atoms with van der Waals surface area (Å²) < 4.78 is 1.83. The Morgan fingerprint density at radius 2 is 1.91 bits per heavy atom. The number of piperidine rings is 1. The van der Waals surface area contributed by atoms with Gasteiger partial charge in [0.2, 0.25) is 0 Å². The molecule has 2 aromatic heterocycles. The first-order valence-electron chi connectivity index (χ1n) is 8.12. The Morgan fingerprint density at radius 3 is 2.55 bits per heavy atom. The number of aryl methyl sites for hydroxylation is 3. The number of hydrogen-bond acceptors (Lipinski definition) is 5. The zero-order valence-electron chi connectivity index (χ0n) is 13.9. The molecule has 22 heavy (non-hydrogen) atoms. The highest BCUT2D eigenvalue weighted by atomic mass is 16.3. The van der Waals surface area contributed by atoms with E-state index in [0.717, 1.165) is 60.7 Å². The van der Waals surface area contributed by atoms with Gasteiger partial charge < -0.3 is 10.0 Å². The summed E-state index contributed by atoms with van der Waals surface area (Å²) in [5.74, 6) is 2.19. The Morgan fingerprint density at radius 1 is 1.23 bits per heavy atom. The van der Waals surface area contributed by atoms with Crippen molar-refractivity contribution in [2.75, 3.05) is 18.0 Å². The van der Waals surface area contributed by atoms with Gasteiger partial charge in [0.1, 0.15) is 11.6 Å². The van der Waals surface area contributed by atoms with Crippen LogP contribution in [0.2, 0.25) is 0 Å². The first-order valence-corrected chi connectivity index (χ1v) is 8.12. The molecule has 0 aromatic carbocycles. The molecule has 1 aliphatic heterocycles. The topological polar surface area (TPSA) is 67.1 Å². The Bertz CT molecular complexity index is 673. The Labute approximate surface area is 131 Å². The van der Waals surface area contributed by atoms with Crippen molar-refractivity contribution in [3.05, 3.63) is 11.5 Å². The zero-order chi connectivity index (χ0) is 15.9. The largest absolute Gasteiger partial charge is 0.393 e. The molecule has 3 rings (SSSR count). The van der Waals surface area contributed by atoms with Crippen LogP contribution in [0.3, 0.4) is 0 Å². The molecule has 6 heteroatoms. The van der Waals surface area contributed by atoms with Crippen molar-refractivity contribution in [2.45, 2.75) is 46.1 Å². The van der Waals surface area contributed by atoms with Gasteiger partial charge in [0, 0.05) is 20.1 Å². The molecule has 0 radical (unpaired) electrons. The van der Waals surface area contributed by atoms with E-state index in [-0.39, 0.29) is 6.10 Å². The highest BCUT2D eigenvalue weighted by molar-refractivity contribution is 5.89. The van der Waals surface area contributed by atoms with E-state index in [1.54, 1.807) is 0 Å². The van der Waals surface area contributed by atoms with Gasteiger partial charge in [0.15, 0.2) is 5.65 Å². The molecular formula is C16H25N5O. The van der Waals surface area contributed by atoms with Crippen LogP contribution in [0.25, 0.3) is 11.0 Å². The predicted molar refractivity (Wildman–Crippen MR) is 87.0 cm³/mol. The second kappa shape index (κ2) is 5.83. The van der Waals surface area contributed by atoms with Crippen LogP contribution >= 0.6 is 0 Å². The SMILES string of the molecule is CC[C@@H](O)C1CCN(c2nc(C)nc3c2c(C)nn3C)CC1. The van der Waals surface area contributed by atoms with Gasteiger partial charge in [-0.3, -0.25) is 4.68 Å².